The minimum atomic E-state index is -3.43. The molecule has 1 aliphatic rings. The van der Waals surface area contributed by atoms with Gasteiger partial charge in [0.05, 0.1) is 23.9 Å². The van der Waals surface area contributed by atoms with Crippen LogP contribution >= 0.6 is 0 Å². The molecule has 7 nitrogen and oxygen atoms in total. The Morgan fingerprint density at radius 3 is 2.62 bits per heavy atom. The minimum absolute atomic E-state index is 0.116. The van der Waals surface area contributed by atoms with Crippen LogP contribution in [0.1, 0.15) is 37.6 Å². The molecular formula is C18H21N3O4S. The van der Waals surface area contributed by atoms with Gasteiger partial charge in [0.15, 0.2) is 0 Å². The summed E-state index contributed by atoms with van der Waals surface area (Å²) in [5.74, 6) is 0.307. The van der Waals surface area contributed by atoms with Crippen molar-refractivity contribution in [3.63, 3.8) is 0 Å². The van der Waals surface area contributed by atoms with Crippen LogP contribution in [-0.2, 0) is 14.8 Å². The highest BCUT2D eigenvalue weighted by molar-refractivity contribution is 7.92. The fourth-order valence-electron chi connectivity index (χ4n) is 2.87. The quantitative estimate of drug-likeness (QED) is 0.869. The van der Waals surface area contributed by atoms with Crippen molar-refractivity contribution in [2.45, 2.75) is 26.3 Å². The molecule has 0 saturated carbocycles. The van der Waals surface area contributed by atoms with Crippen LogP contribution < -0.4 is 4.72 Å². The molecular weight excluding hydrogens is 354 g/mol. The van der Waals surface area contributed by atoms with Gasteiger partial charge < -0.3 is 4.42 Å². The first-order chi connectivity index (χ1) is 12.3. The predicted octanol–water partition coefficient (Wildman–Crippen LogP) is 2.98. The smallest absolute Gasteiger partial charge is 0.245 e. The Labute approximate surface area is 152 Å². The molecule has 0 bridgehead atoms. The summed E-state index contributed by atoms with van der Waals surface area (Å²) in [5, 5.41) is 5.95. The van der Waals surface area contributed by atoms with Crippen LogP contribution in [0.15, 0.2) is 52.2 Å². The fourth-order valence-corrected chi connectivity index (χ4v) is 3.44. The van der Waals surface area contributed by atoms with E-state index in [0.29, 0.717) is 29.1 Å². The monoisotopic (exact) mass is 375 g/mol. The summed E-state index contributed by atoms with van der Waals surface area (Å²) in [6.45, 7) is 3.63. The van der Waals surface area contributed by atoms with Gasteiger partial charge in [-0.1, -0.05) is 32.0 Å². The van der Waals surface area contributed by atoms with Crippen LogP contribution in [0.25, 0.3) is 0 Å². The largest absolute Gasteiger partial charge is 0.467 e. The van der Waals surface area contributed by atoms with Crippen molar-refractivity contribution in [3.8, 4) is 0 Å². The van der Waals surface area contributed by atoms with E-state index in [2.05, 4.69) is 9.82 Å². The summed E-state index contributed by atoms with van der Waals surface area (Å²) >= 11 is 0. The number of anilines is 1. The zero-order valence-corrected chi connectivity index (χ0v) is 15.7. The van der Waals surface area contributed by atoms with Gasteiger partial charge in [-0.3, -0.25) is 9.52 Å². The Morgan fingerprint density at radius 1 is 1.27 bits per heavy atom. The number of carbonyl (C=O) groups is 1. The van der Waals surface area contributed by atoms with E-state index in [9.17, 15) is 13.2 Å². The molecule has 0 fully saturated rings. The second kappa shape index (κ2) is 6.95. The van der Waals surface area contributed by atoms with Crippen molar-refractivity contribution in [2.24, 2.45) is 11.0 Å². The lowest BCUT2D eigenvalue weighted by Crippen LogP contribution is -2.30. The van der Waals surface area contributed by atoms with Gasteiger partial charge in [-0.15, -0.1) is 0 Å². The van der Waals surface area contributed by atoms with E-state index in [1.165, 1.54) is 5.01 Å². The number of rotatable bonds is 5. The zero-order chi connectivity index (χ0) is 18.9. The minimum Gasteiger partial charge on any atom is -0.467 e. The SMILES string of the molecule is CC(C)C(=O)N1N=C(c2ccccc2NS(C)(=O)=O)C[C@H]1c1ccco1. The molecule has 1 aromatic carbocycles. The topological polar surface area (TPSA) is 92.0 Å². The van der Waals surface area contributed by atoms with Gasteiger partial charge in [-0.25, -0.2) is 13.4 Å². The zero-order valence-electron chi connectivity index (χ0n) is 14.8. The van der Waals surface area contributed by atoms with Crippen LogP contribution in [0.4, 0.5) is 5.69 Å². The van der Waals surface area contributed by atoms with Crippen LogP contribution in [0.5, 0.6) is 0 Å². The van der Waals surface area contributed by atoms with Gasteiger partial charge in [-0.05, 0) is 18.2 Å². The molecule has 1 atom stereocenters. The molecule has 1 amide bonds. The molecule has 0 saturated heterocycles. The third-order valence-electron chi connectivity index (χ3n) is 4.03. The number of para-hydroxylation sites is 1. The van der Waals surface area contributed by atoms with Crippen molar-refractivity contribution in [3.05, 3.63) is 54.0 Å². The van der Waals surface area contributed by atoms with Gasteiger partial charge >= 0.3 is 0 Å². The molecule has 2 heterocycles. The summed E-state index contributed by atoms with van der Waals surface area (Å²) in [5.41, 5.74) is 1.71. The highest BCUT2D eigenvalue weighted by Gasteiger charge is 2.36. The molecule has 26 heavy (non-hydrogen) atoms. The Morgan fingerprint density at radius 2 is 2.00 bits per heavy atom. The number of furan rings is 1. The van der Waals surface area contributed by atoms with Crippen molar-refractivity contribution in [1.82, 2.24) is 5.01 Å². The third kappa shape index (κ3) is 3.80. The number of hydrogen-bond acceptors (Lipinski definition) is 5. The maximum Gasteiger partial charge on any atom is 0.245 e. The Hall–Kier alpha value is -2.61. The molecule has 0 unspecified atom stereocenters. The van der Waals surface area contributed by atoms with Crippen molar-refractivity contribution in [1.29, 1.82) is 0 Å². The number of benzene rings is 1. The Balaban J connectivity index is 2.01. The van der Waals surface area contributed by atoms with E-state index in [1.54, 1.807) is 36.6 Å². The van der Waals surface area contributed by atoms with Gasteiger partial charge in [0.1, 0.15) is 11.8 Å². The number of amides is 1. The molecule has 1 aromatic heterocycles. The number of hydrazone groups is 1. The first-order valence-corrected chi connectivity index (χ1v) is 10.2. The molecule has 1 aliphatic heterocycles. The Bertz CT molecular complexity index is 933. The first kappa shape index (κ1) is 18.2. The lowest BCUT2D eigenvalue weighted by Gasteiger charge is -2.21. The summed E-state index contributed by atoms with van der Waals surface area (Å²) in [6, 6.07) is 10.2. The van der Waals surface area contributed by atoms with Gasteiger partial charge in [0, 0.05) is 17.9 Å². The van der Waals surface area contributed by atoms with E-state index in [0.717, 1.165) is 6.26 Å². The molecule has 3 rings (SSSR count). The predicted molar refractivity (Wildman–Crippen MR) is 99.2 cm³/mol. The average molecular weight is 375 g/mol. The number of nitrogens with zero attached hydrogens (tertiary/aromatic N) is 2. The summed E-state index contributed by atoms with van der Waals surface area (Å²) in [4.78, 5) is 12.6. The van der Waals surface area contributed by atoms with Crippen molar-refractivity contribution in [2.75, 3.05) is 11.0 Å². The summed E-state index contributed by atoms with van der Waals surface area (Å²) < 4.78 is 31.3. The molecule has 138 valence electrons. The van der Waals surface area contributed by atoms with Crippen molar-refractivity contribution < 1.29 is 17.6 Å². The van der Waals surface area contributed by atoms with Crippen molar-refractivity contribution >= 4 is 27.3 Å². The van der Waals surface area contributed by atoms with Crippen LogP contribution in [0, 0.1) is 5.92 Å². The normalized spacial score (nSPS) is 17.5. The highest BCUT2D eigenvalue weighted by Crippen LogP contribution is 2.35. The molecule has 1 N–H and O–H groups in total. The van der Waals surface area contributed by atoms with Gasteiger partial charge in [0.2, 0.25) is 15.9 Å². The van der Waals surface area contributed by atoms with Crippen LogP contribution in [0.2, 0.25) is 0 Å². The second-order valence-electron chi connectivity index (χ2n) is 6.54. The standard InChI is InChI=1S/C18H21N3O4S/c1-12(2)18(22)21-16(17-9-6-10-25-17)11-15(19-21)13-7-4-5-8-14(13)20-26(3,23)24/h4-10,12,16,20H,11H2,1-3H3/t16-/m0/s1. The van der Waals surface area contributed by atoms with E-state index in [-0.39, 0.29) is 17.9 Å². The molecule has 0 aliphatic carbocycles. The lowest BCUT2D eigenvalue weighted by atomic mass is 10.0. The average Bonchev–Trinajstić information content (AvgIpc) is 3.22. The fraction of sp³-hybridized carbons (Fsp3) is 0.333. The molecule has 8 heteroatoms. The summed E-state index contributed by atoms with van der Waals surface area (Å²) in [6.07, 6.45) is 3.10. The third-order valence-corrected chi connectivity index (χ3v) is 4.63. The van der Waals surface area contributed by atoms with Gasteiger partial charge in [-0.2, -0.15) is 5.10 Å². The van der Waals surface area contributed by atoms with Crippen LogP contribution in [0.3, 0.4) is 0 Å². The number of sulfonamides is 1. The maximum atomic E-state index is 12.6. The highest BCUT2D eigenvalue weighted by atomic mass is 32.2. The number of nitrogens with one attached hydrogen (secondary N) is 1. The van der Waals surface area contributed by atoms with E-state index in [4.69, 9.17) is 4.42 Å². The molecule has 0 radical (unpaired) electrons. The maximum absolute atomic E-state index is 12.6. The second-order valence-corrected chi connectivity index (χ2v) is 8.29. The van der Waals surface area contributed by atoms with E-state index >= 15 is 0 Å². The number of hydrogen-bond donors (Lipinski definition) is 1. The number of carbonyl (C=O) groups excluding carboxylic acids is 1. The summed E-state index contributed by atoms with van der Waals surface area (Å²) in [7, 11) is -3.43. The van der Waals surface area contributed by atoms with Crippen LogP contribution in [-0.4, -0.2) is 31.3 Å². The van der Waals surface area contributed by atoms with E-state index in [1.807, 2.05) is 19.9 Å². The van der Waals surface area contributed by atoms with E-state index < -0.39 is 10.0 Å². The lowest BCUT2D eigenvalue weighted by molar-refractivity contribution is -0.136. The Kier molecular flexibility index (Phi) is 4.86. The molecule has 0 spiro atoms. The molecule has 2 aromatic rings. The first-order valence-electron chi connectivity index (χ1n) is 8.27. The van der Waals surface area contributed by atoms with Gasteiger partial charge in [0.25, 0.3) is 0 Å².